The maximum Gasteiger partial charge on any atom is 0.177 e. The third-order valence-corrected chi connectivity index (χ3v) is 10.0. The van der Waals surface area contributed by atoms with Crippen LogP contribution in [0.4, 0.5) is 4.39 Å². The van der Waals surface area contributed by atoms with E-state index in [4.69, 9.17) is 10.1 Å². The fourth-order valence-corrected chi connectivity index (χ4v) is 6.87. The second-order valence-corrected chi connectivity index (χ2v) is 13.7. The fourth-order valence-electron chi connectivity index (χ4n) is 6.87. The maximum absolute atomic E-state index is 14.2. The molecule has 10 heteroatoms. The van der Waals surface area contributed by atoms with E-state index >= 15 is 0 Å². The molecule has 0 amide bonds. The Balaban J connectivity index is 0.000000311. The SMILES string of the molecule is C=C(c1ccc(CC2=Cc3nccc(CCc4nnc5ccc(-c6ccccc6)nn45)c3CC=C2)cc1)c1cnccc1F.C=C/C(=C\C)c1ccc(=NC)n(C)n1. The molecule has 8 rings (SSSR count). The van der Waals surface area contributed by atoms with Crippen LogP contribution in [0.3, 0.4) is 0 Å². The van der Waals surface area contributed by atoms with Gasteiger partial charge in [-0.25, -0.2) is 4.39 Å². The Morgan fingerprint density at radius 1 is 0.914 bits per heavy atom. The summed E-state index contributed by atoms with van der Waals surface area (Å²) < 4.78 is 17.8. The molecular weight excluding hydrogens is 722 g/mol. The summed E-state index contributed by atoms with van der Waals surface area (Å²) >= 11 is 0. The lowest BCUT2D eigenvalue weighted by molar-refractivity contribution is 0.622. The molecule has 5 aromatic heterocycles. The van der Waals surface area contributed by atoms with Crippen LogP contribution in [0.15, 0.2) is 158 Å². The van der Waals surface area contributed by atoms with Crippen molar-refractivity contribution in [2.75, 3.05) is 7.05 Å². The molecule has 0 fully saturated rings. The number of halogens is 1. The Kier molecular flexibility index (Phi) is 12.2. The molecule has 7 aromatic rings. The van der Waals surface area contributed by atoms with Crippen LogP contribution in [-0.2, 0) is 32.7 Å². The molecule has 9 nitrogen and oxygen atoms in total. The van der Waals surface area contributed by atoms with E-state index in [-0.39, 0.29) is 5.82 Å². The van der Waals surface area contributed by atoms with E-state index in [2.05, 4.69) is 87.0 Å². The predicted molar refractivity (Wildman–Crippen MR) is 230 cm³/mol. The molecule has 0 saturated carbocycles. The number of aryl methyl sites for hydroxylation is 3. The number of hydrogen-bond acceptors (Lipinski definition) is 7. The van der Waals surface area contributed by atoms with Crippen molar-refractivity contribution >= 4 is 22.9 Å². The highest BCUT2D eigenvalue weighted by molar-refractivity contribution is 5.78. The predicted octanol–water partition coefficient (Wildman–Crippen LogP) is 8.85. The number of pyridine rings is 2. The first-order valence-corrected chi connectivity index (χ1v) is 19.1. The first-order valence-electron chi connectivity index (χ1n) is 19.1. The fraction of sp³-hybridized carbons (Fsp3) is 0.146. The summed E-state index contributed by atoms with van der Waals surface area (Å²) in [4.78, 5) is 12.9. The normalized spacial score (nSPS) is 12.7. The number of nitrogens with zero attached hydrogens (tertiary/aromatic N) is 9. The lowest BCUT2D eigenvalue weighted by Gasteiger charge is -2.10. The Morgan fingerprint density at radius 2 is 1.74 bits per heavy atom. The van der Waals surface area contributed by atoms with Crippen molar-refractivity contribution in [3.63, 3.8) is 0 Å². The molecule has 58 heavy (non-hydrogen) atoms. The third kappa shape index (κ3) is 8.92. The van der Waals surface area contributed by atoms with E-state index in [1.807, 2.05) is 85.4 Å². The number of aromatic nitrogens is 8. The molecule has 0 atom stereocenters. The molecule has 1 aliphatic rings. The monoisotopic (exact) mass is 765 g/mol. The van der Waals surface area contributed by atoms with Gasteiger partial charge in [-0.3, -0.25) is 19.6 Å². The summed E-state index contributed by atoms with van der Waals surface area (Å²) in [6, 6.07) is 29.5. The van der Waals surface area contributed by atoms with Crippen molar-refractivity contribution in [2.24, 2.45) is 12.0 Å². The Hall–Kier alpha value is -7.20. The van der Waals surface area contributed by atoms with Crippen LogP contribution in [0.25, 0.3) is 34.1 Å². The van der Waals surface area contributed by atoms with Gasteiger partial charge in [0.25, 0.3) is 0 Å². The van der Waals surface area contributed by atoms with Crippen molar-refractivity contribution < 1.29 is 4.39 Å². The number of allylic oxidation sites excluding steroid dienone is 6. The summed E-state index contributed by atoms with van der Waals surface area (Å²) in [5, 5.41) is 18.0. The van der Waals surface area contributed by atoms with Gasteiger partial charge in [0.05, 0.1) is 17.1 Å². The summed E-state index contributed by atoms with van der Waals surface area (Å²) in [6.45, 7) is 9.80. The van der Waals surface area contributed by atoms with Crippen molar-refractivity contribution in [2.45, 2.75) is 32.6 Å². The van der Waals surface area contributed by atoms with Gasteiger partial charge in [0.1, 0.15) is 11.3 Å². The minimum Gasteiger partial charge on any atom is -0.270 e. The zero-order chi connectivity index (χ0) is 40.4. The Bertz CT molecular complexity index is 2760. The average Bonchev–Trinajstić information content (AvgIpc) is 3.55. The molecule has 0 bridgehead atoms. The zero-order valence-electron chi connectivity index (χ0n) is 32.9. The zero-order valence-corrected chi connectivity index (χ0v) is 32.9. The molecule has 2 aromatic carbocycles. The van der Waals surface area contributed by atoms with Crippen LogP contribution in [0.5, 0.6) is 0 Å². The molecule has 0 aliphatic heterocycles. The van der Waals surface area contributed by atoms with Crippen LogP contribution < -0.4 is 5.49 Å². The largest absolute Gasteiger partial charge is 0.270 e. The summed E-state index contributed by atoms with van der Waals surface area (Å²) in [5.74, 6) is 0.512. The van der Waals surface area contributed by atoms with Crippen LogP contribution in [0.2, 0.25) is 0 Å². The van der Waals surface area contributed by atoms with Crippen LogP contribution in [0, 0.1) is 5.82 Å². The molecule has 0 N–H and O–H groups in total. The smallest absolute Gasteiger partial charge is 0.177 e. The van der Waals surface area contributed by atoms with Gasteiger partial charge < -0.3 is 0 Å². The molecule has 5 heterocycles. The topological polar surface area (TPSA) is 99.0 Å². The highest BCUT2D eigenvalue weighted by Crippen LogP contribution is 2.27. The molecule has 0 radical (unpaired) electrons. The van der Waals surface area contributed by atoms with Gasteiger partial charge in [0, 0.05) is 50.2 Å². The summed E-state index contributed by atoms with van der Waals surface area (Å²) in [7, 11) is 3.63. The van der Waals surface area contributed by atoms with E-state index in [1.54, 1.807) is 17.8 Å². The van der Waals surface area contributed by atoms with Gasteiger partial charge in [-0.05, 0) is 108 Å². The van der Waals surface area contributed by atoms with Gasteiger partial charge in [-0.2, -0.15) is 14.7 Å². The number of benzene rings is 2. The van der Waals surface area contributed by atoms with Gasteiger partial charge in [0.2, 0.25) is 0 Å². The number of hydrogen-bond donors (Lipinski definition) is 0. The van der Waals surface area contributed by atoms with Gasteiger partial charge in [0.15, 0.2) is 11.5 Å². The average molecular weight is 766 g/mol. The Morgan fingerprint density at radius 3 is 2.48 bits per heavy atom. The van der Waals surface area contributed by atoms with Gasteiger partial charge >= 0.3 is 0 Å². The van der Waals surface area contributed by atoms with E-state index < -0.39 is 0 Å². The molecule has 0 unspecified atom stereocenters. The minimum atomic E-state index is -0.322. The minimum absolute atomic E-state index is 0.322. The summed E-state index contributed by atoms with van der Waals surface area (Å²) in [5.41, 5.74) is 13.2. The van der Waals surface area contributed by atoms with Crippen LogP contribution >= 0.6 is 0 Å². The lowest BCUT2D eigenvalue weighted by atomic mass is 9.97. The van der Waals surface area contributed by atoms with Crippen LogP contribution in [0.1, 0.15) is 52.0 Å². The van der Waals surface area contributed by atoms with E-state index in [1.165, 1.54) is 35.2 Å². The van der Waals surface area contributed by atoms with Crippen molar-refractivity contribution in [1.29, 1.82) is 0 Å². The highest BCUT2D eigenvalue weighted by atomic mass is 19.1. The molecule has 1 aliphatic carbocycles. The Labute approximate surface area is 337 Å². The van der Waals surface area contributed by atoms with E-state index in [9.17, 15) is 4.39 Å². The number of fused-ring (bicyclic) bond motifs is 2. The van der Waals surface area contributed by atoms with Crippen molar-refractivity contribution in [3.8, 4) is 11.3 Å². The summed E-state index contributed by atoms with van der Waals surface area (Å²) in [6.07, 6.45) is 18.3. The van der Waals surface area contributed by atoms with Crippen LogP contribution in [-0.4, -0.2) is 46.6 Å². The maximum atomic E-state index is 14.2. The molecule has 288 valence electrons. The van der Waals surface area contributed by atoms with Crippen molar-refractivity contribution in [3.05, 3.63) is 209 Å². The first kappa shape index (κ1) is 39.1. The standard InChI is InChI=1S/C37H29FN6.C11H15N3/c1-25(32-24-39-20-19-33(32)38)28-12-10-26(11-13-28)22-27-6-5-9-31-29(18-21-40-35(31)23-27)14-16-36-41-42-37-17-15-34(43-44(36)37)30-7-3-2-4-8-30;1-5-9(6-2)10-7-8-11(12-3)14(4)13-10/h2-8,10-13,15,17-21,23-24H,1,9,14,16,22H2;5-8H,1H2,2-4H3/b;9-6+,12-11?. The second kappa shape index (κ2) is 18.2. The first-order chi connectivity index (χ1) is 28.3. The van der Waals surface area contributed by atoms with Gasteiger partial charge in [-0.15, -0.1) is 10.2 Å². The van der Waals surface area contributed by atoms with E-state index in [0.717, 1.165) is 75.6 Å². The lowest BCUT2D eigenvalue weighted by Crippen LogP contribution is -2.20. The molecule has 0 spiro atoms. The van der Waals surface area contributed by atoms with Gasteiger partial charge in [-0.1, -0.05) is 92.1 Å². The van der Waals surface area contributed by atoms with E-state index in [0.29, 0.717) is 17.6 Å². The molecule has 0 saturated heterocycles. The highest BCUT2D eigenvalue weighted by Gasteiger charge is 2.15. The molecular formula is C48H44FN9. The quantitative estimate of drug-likeness (QED) is 0.129. The second-order valence-electron chi connectivity index (χ2n) is 13.7. The third-order valence-electron chi connectivity index (χ3n) is 10.0. The number of rotatable bonds is 10. The van der Waals surface area contributed by atoms with Crippen molar-refractivity contribution in [1.82, 2.24) is 39.6 Å².